The van der Waals surface area contributed by atoms with Gasteiger partial charge in [0.1, 0.15) is 31.5 Å². The minimum atomic E-state index is -4.79. The van der Waals surface area contributed by atoms with Gasteiger partial charge in [-0.3, -0.25) is 27.7 Å². The summed E-state index contributed by atoms with van der Waals surface area (Å²) >= 11 is 0. The van der Waals surface area contributed by atoms with Gasteiger partial charge in [-0.05, 0) is 57.8 Å². The fourth-order valence-corrected chi connectivity index (χ4v) is 7.06. The number of esters is 2. The van der Waals surface area contributed by atoms with Crippen LogP contribution >= 0.6 is 15.6 Å². The van der Waals surface area contributed by atoms with Crippen molar-refractivity contribution in [2.45, 2.75) is 173 Å². The Kier molecular flexibility index (Phi) is 39.9. The molecule has 0 bridgehead atoms. The highest BCUT2D eigenvalue weighted by atomic mass is 31.2. The third-order valence-corrected chi connectivity index (χ3v) is 10.9. The van der Waals surface area contributed by atoms with Crippen LogP contribution in [0.25, 0.3) is 0 Å². The minimum absolute atomic E-state index is 0.155. The topological polar surface area (TPSA) is 225 Å². The third-order valence-electron chi connectivity index (χ3n) is 8.99. The summed E-state index contributed by atoms with van der Waals surface area (Å²) in [5, 5.41) is 29.9. The number of ether oxygens (including phenoxy) is 2. The van der Waals surface area contributed by atoms with Gasteiger partial charge in [0.05, 0.1) is 26.4 Å². The number of unbranched alkanes of at least 4 members (excludes halogenated alkanes) is 13. The van der Waals surface area contributed by atoms with Crippen LogP contribution in [0.1, 0.15) is 155 Å². The Morgan fingerprint density at radius 1 is 0.435 bits per heavy atom. The molecule has 0 aromatic rings. The van der Waals surface area contributed by atoms with Gasteiger partial charge in [-0.1, -0.05) is 145 Å². The van der Waals surface area contributed by atoms with E-state index in [0.29, 0.717) is 12.8 Å². The molecule has 0 aromatic carbocycles. The van der Waals surface area contributed by atoms with Crippen LogP contribution in [-0.2, 0) is 46.3 Å². The van der Waals surface area contributed by atoms with Crippen molar-refractivity contribution in [3.63, 3.8) is 0 Å². The Hall–Kier alpha value is -2.26. The summed E-state index contributed by atoms with van der Waals surface area (Å²) < 4.78 is 52.8. The Bertz CT molecular complexity index is 1350. The zero-order valence-electron chi connectivity index (χ0n) is 37.5. The molecule has 0 aliphatic heterocycles. The number of hydrogen-bond donors (Lipinski definition) is 5. The number of allylic oxidation sites excluding steroid dienone is 10. The molecule has 0 saturated heterocycles. The molecule has 5 unspecified atom stereocenters. The third kappa shape index (κ3) is 43.0. The maximum absolute atomic E-state index is 12.1. The van der Waals surface area contributed by atoms with Crippen LogP contribution in [0.4, 0.5) is 0 Å². The van der Waals surface area contributed by atoms with E-state index in [0.717, 1.165) is 70.6 Å². The van der Waals surface area contributed by atoms with Crippen LogP contribution in [0.15, 0.2) is 60.8 Å². The Morgan fingerprint density at radius 2 is 0.742 bits per heavy atom. The molecule has 17 heteroatoms. The molecule has 62 heavy (non-hydrogen) atoms. The fraction of sp³-hybridized carbons (Fsp3) is 0.733. The lowest BCUT2D eigenvalue weighted by Gasteiger charge is -2.19. The van der Waals surface area contributed by atoms with Gasteiger partial charge in [0.2, 0.25) is 0 Å². The molecule has 0 spiro atoms. The molecule has 0 saturated carbocycles. The van der Waals surface area contributed by atoms with Crippen LogP contribution in [-0.4, -0.2) is 95.0 Å². The largest absolute Gasteiger partial charge is 0.472 e. The van der Waals surface area contributed by atoms with Crippen molar-refractivity contribution in [1.29, 1.82) is 0 Å². The molecule has 360 valence electrons. The summed E-state index contributed by atoms with van der Waals surface area (Å²) in [6.45, 7) is 0.237. The van der Waals surface area contributed by atoms with E-state index in [1.807, 2.05) is 0 Å². The number of aliphatic hydroxyl groups excluding tert-OH is 3. The molecule has 0 heterocycles. The van der Waals surface area contributed by atoms with Crippen LogP contribution in [0, 0.1) is 0 Å². The first-order valence-corrected chi connectivity index (χ1v) is 25.6. The lowest BCUT2D eigenvalue weighted by Crippen LogP contribution is -2.25. The predicted molar refractivity (Wildman–Crippen MR) is 242 cm³/mol. The van der Waals surface area contributed by atoms with Gasteiger partial charge in [-0.25, -0.2) is 9.13 Å². The first-order valence-electron chi connectivity index (χ1n) is 22.6. The van der Waals surface area contributed by atoms with E-state index >= 15 is 0 Å². The van der Waals surface area contributed by atoms with E-state index < -0.39 is 85.5 Å². The second-order valence-electron chi connectivity index (χ2n) is 15.0. The van der Waals surface area contributed by atoms with Gasteiger partial charge in [0, 0.05) is 12.8 Å². The summed E-state index contributed by atoms with van der Waals surface area (Å²) in [6, 6.07) is 0. The molecule has 0 rings (SSSR count). The molecule has 0 radical (unpaired) electrons. The highest BCUT2D eigenvalue weighted by Gasteiger charge is 2.28. The number of rotatable bonds is 43. The summed E-state index contributed by atoms with van der Waals surface area (Å²) in [4.78, 5) is 43.6. The monoisotopic (exact) mass is 922 g/mol. The van der Waals surface area contributed by atoms with E-state index in [1.165, 1.54) is 44.9 Å². The van der Waals surface area contributed by atoms with E-state index in [-0.39, 0.29) is 12.8 Å². The standard InChI is InChI=1S/C45H80O15P2/c1-3-5-7-9-11-13-15-16-17-18-19-20-21-22-24-26-28-30-32-34-45(50)56-36-42(47)38-58-62(53,54)60-40-43(48)39-59-61(51,52)57-37-41(46)35-55-44(49)33-31-29-27-25-23-14-12-10-8-6-4-2/h5,7,11,13,16-17,19-20,22,24,41-43,46-48H,3-4,6,8-10,12,14-15,18,21,23,25-40H2,1-2H3,(H,51,52)(H,53,54)/b7-5-,13-11-,17-16-,20-19-,24-22-. The minimum Gasteiger partial charge on any atom is -0.463 e. The van der Waals surface area contributed by atoms with E-state index in [4.69, 9.17) is 9.47 Å². The molecular weight excluding hydrogens is 842 g/mol. The molecule has 0 fully saturated rings. The summed E-state index contributed by atoms with van der Waals surface area (Å²) in [5.41, 5.74) is 0. The maximum atomic E-state index is 12.1. The smallest absolute Gasteiger partial charge is 0.463 e. The van der Waals surface area contributed by atoms with Gasteiger partial charge < -0.3 is 34.6 Å². The van der Waals surface area contributed by atoms with E-state index in [9.17, 15) is 43.8 Å². The molecule has 5 N–H and O–H groups in total. The molecule has 5 atom stereocenters. The highest BCUT2D eigenvalue weighted by molar-refractivity contribution is 7.47. The highest BCUT2D eigenvalue weighted by Crippen LogP contribution is 2.45. The van der Waals surface area contributed by atoms with E-state index in [2.05, 4.69) is 92.7 Å². The summed E-state index contributed by atoms with van der Waals surface area (Å²) in [6.07, 6.45) is 37.9. The van der Waals surface area contributed by atoms with Crippen molar-refractivity contribution >= 4 is 27.6 Å². The first kappa shape index (κ1) is 59.7. The number of phosphoric acid groups is 2. The normalized spacial score (nSPS) is 15.8. The molecule has 0 aliphatic carbocycles. The first-order chi connectivity index (χ1) is 29.8. The van der Waals surface area contributed by atoms with Crippen LogP contribution in [0.2, 0.25) is 0 Å². The molecule has 0 aliphatic rings. The summed E-state index contributed by atoms with van der Waals surface area (Å²) in [5.74, 6) is -1.03. The number of phosphoric ester groups is 2. The number of carbonyl (C=O) groups is 2. The van der Waals surface area contributed by atoms with E-state index in [1.54, 1.807) is 0 Å². The molecule has 15 nitrogen and oxygen atoms in total. The SMILES string of the molecule is CC/C=C\C/C=C\C/C=C\C/C=C\C/C=C\CCCCCC(=O)OCC(O)COP(=O)(O)OCC(O)COP(=O)(O)OCC(O)COC(=O)CCCCCCCCCCCCC. The zero-order chi connectivity index (χ0) is 46.0. The summed E-state index contributed by atoms with van der Waals surface area (Å²) in [7, 11) is -9.57. The van der Waals surface area contributed by atoms with Gasteiger partial charge in [-0.2, -0.15) is 0 Å². The molecule has 0 aromatic heterocycles. The molecular formula is C45H80O15P2. The average molecular weight is 923 g/mol. The maximum Gasteiger partial charge on any atom is 0.472 e. The van der Waals surface area contributed by atoms with Gasteiger partial charge in [0.15, 0.2) is 0 Å². The van der Waals surface area contributed by atoms with Crippen molar-refractivity contribution in [3.8, 4) is 0 Å². The second kappa shape index (κ2) is 41.4. The van der Waals surface area contributed by atoms with Crippen molar-refractivity contribution in [1.82, 2.24) is 0 Å². The Labute approximate surface area is 371 Å². The quantitative estimate of drug-likeness (QED) is 0.0166. The number of hydrogen-bond acceptors (Lipinski definition) is 13. The van der Waals surface area contributed by atoms with Crippen LogP contribution < -0.4 is 0 Å². The Balaban J connectivity index is 3.96. The van der Waals surface area contributed by atoms with Gasteiger partial charge in [-0.15, -0.1) is 0 Å². The zero-order valence-corrected chi connectivity index (χ0v) is 39.3. The average Bonchev–Trinajstić information content (AvgIpc) is 3.24. The number of carbonyl (C=O) groups excluding carboxylic acids is 2. The van der Waals surface area contributed by atoms with Crippen molar-refractivity contribution < 1.29 is 71.4 Å². The van der Waals surface area contributed by atoms with Crippen molar-refractivity contribution in [2.75, 3.05) is 39.6 Å². The van der Waals surface area contributed by atoms with Gasteiger partial charge in [0.25, 0.3) is 0 Å². The lowest BCUT2D eigenvalue weighted by molar-refractivity contribution is -0.148. The second-order valence-corrected chi connectivity index (χ2v) is 17.9. The van der Waals surface area contributed by atoms with Crippen LogP contribution in [0.3, 0.4) is 0 Å². The van der Waals surface area contributed by atoms with Crippen LogP contribution in [0.5, 0.6) is 0 Å². The molecule has 0 amide bonds. The fourth-order valence-electron chi connectivity index (χ4n) is 5.47. The number of aliphatic hydroxyl groups is 3. The Morgan fingerprint density at radius 3 is 1.11 bits per heavy atom. The lowest BCUT2D eigenvalue weighted by atomic mass is 10.1. The predicted octanol–water partition coefficient (Wildman–Crippen LogP) is 9.83. The van der Waals surface area contributed by atoms with Crippen molar-refractivity contribution in [2.24, 2.45) is 0 Å². The van der Waals surface area contributed by atoms with Gasteiger partial charge >= 0.3 is 27.6 Å². The van der Waals surface area contributed by atoms with Crippen molar-refractivity contribution in [3.05, 3.63) is 60.8 Å².